The van der Waals surface area contributed by atoms with Gasteiger partial charge in [-0.2, -0.15) is 13.2 Å². The first-order valence-electron chi connectivity index (χ1n) is 4.96. The molecule has 0 radical (unpaired) electrons. The maximum atomic E-state index is 13.3. The van der Waals surface area contributed by atoms with Crippen molar-refractivity contribution in [1.29, 1.82) is 0 Å². The van der Waals surface area contributed by atoms with E-state index in [0.717, 1.165) is 0 Å². The molecule has 0 aromatic heterocycles. The normalized spacial score (nSPS) is 13.5. The van der Waals surface area contributed by atoms with Crippen LogP contribution in [0.1, 0.15) is 5.56 Å². The second-order valence-corrected chi connectivity index (χ2v) is 3.62. The number of anilines is 1. The van der Waals surface area contributed by atoms with E-state index in [1.54, 1.807) is 0 Å². The minimum Gasteiger partial charge on any atom is -0.394 e. The van der Waals surface area contributed by atoms with Crippen molar-refractivity contribution in [2.75, 3.05) is 18.5 Å². The standard InChI is InChI=1S/C10H9F6NO2/c11-5-1-6(17-2-4(19)3-18)8(12)9(13)7(5)10(14,15)16/h1,4,17-19H,2-3H2. The molecule has 1 aromatic rings. The Balaban J connectivity index is 3.12. The Morgan fingerprint density at radius 3 is 2.21 bits per heavy atom. The number of alkyl halides is 3. The van der Waals surface area contributed by atoms with Crippen molar-refractivity contribution in [3.05, 3.63) is 29.1 Å². The van der Waals surface area contributed by atoms with Gasteiger partial charge in [0.25, 0.3) is 0 Å². The number of benzene rings is 1. The molecule has 0 bridgehead atoms. The monoisotopic (exact) mass is 289 g/mol. The van der Waals surface area contributed by atoms with Gasteiger partial charge in [0.05, 0.1) is 18.4 Å². The van der Waals surface area contributed by atoms with Gasteiger partial charge >= 0.3 is 6.18 Å². The lowest BCUT2D eigenvalue weighted by atomic mass is 10.1. The summed E-state index contributed by atoms with van der Waals surface area (Å²) in [5.41, 5.74) is -3.20. The van der Waals surface area contributed by atoms with E-state index < -0.39 is 54.1 Å². The Kier molecular flexibility index (Phi) is 4.64. The molecule has 0 saturated heterocycles. The predicted molar refractivity (Wildman–Crippen MR) is 52.9 cm³/mol. The molecule has 0 aliphatic rings. The van der Waals surface area contributed by atoms with Crippen molar-refractivity contribution >= 4 is 5.69 Å². The van der Waals surface area contributed by atoms with E-state index in [4.69, 9.17) is 10.2 Å². The van der Waals surface area contributed by atoms with Gasteiger partial charge in [0.1, 0.15) is 11.4 Å². The van der Waals surface area contributed by atoms with E-state index in [9.17, 15) is 26.3 Å². The van der Waals surface area contributed by atoms with Gasteiger partial charge in [-0.15, -0.1) is 0 Å². The van der Waals surface area contributed by atoms with Crippen molar-refractivity contribution in [2.45, 2.75) is 12.3 Å². The first kappa shape index (κ1) is 15.6. The Labute approximate surface area is 103 Å². The predicted octanol–water partition coefficient (Wildman–Crippen LogP) is 1.89. The van der Waals surface area contributed by atoms with Crippen LogP contribution in [0, 0.1) is 17.5 Å². The van der Waals surface area contributed by atoms with E-state index in [2.05, 4.69) is 0 Å². The van der Waals surface area contributed by atoms with Crippen molar-refractivity contribution in [3.63, 3.8) is 0 Å². The quantitative estimate of drug-likeness (QED) is 0.586. The zero-order valence-electron chi connectivity index (χ0n) is 9.23. The minimum absolute atomic E-state index is 0.130. The maximum absolute atomic E-state index is 13.3. The third-order valence-corrected chi connectivity index (χ3v) is 2.18. The minimum atomic E-state index is -5.36. The van der Waals surface area contributed by atoms with Gasteiger partial charge in [-0.1, -0.05) is 0 Å². The number of hydrogen-bond donors (Lipinski definition) is 3. The second kappa shape index (κ2) is 5.66. The van der Waals surface area contributed by atoms with E-state index in [1.807, 2.05) is 5.32 Å². The molecule has 0 saturated carbocycles. The van der Waals surface area contributed by atoms with Crippen LogP contribution >= 0.6 is 0 Å². The van der Waals surface area contributed by atoms with E-state index >= 15 is 0 Å². The molecule has 108 valence electrons. The van der Waals surface area contributed by atoms with Gasteiger partial charge in [-0.05, 0) is 0 Å². The zero-order chi connectivity index (χ0) is 14.8. The first-order valence-corrected chi connectivity index (χ1v) is 4.96. The van der Waals surface area contributed by atoms with Gasteiger partial charge in [0, 0.05) is 12.6 Å². The van der Waals surface area contributed by atoms with E-state index in [0.29, 0.717) is 0 Å². The van der Waals surface area contributed by atoms with Crippen LogP contribution in [0.15, 0.2) is 6.07 Å². The number of nitrogens with one attached hydrogen (secondary N) is 1. The molecule has 0 amide bonds. The summed E-state index contributed by atoms with van der Waals surface area (Å²) in [5, 5.41) is 19.4. The fraction of sp³-hybridized carbons (Fsp3) is 0.400. The van der Waals surface area contributed by atoms with E-state index in [-0.39, 0.29) is 6.07 Å². The highest BCUT2D eigenvalue weighted by Gasteiger charge is 2.40. The molecule has 0 spiro atoms. The van der Waals surface area contributed by atoms with Crippen LogP contribution in [0.5, 0.6) is 0 Å². The number of aliphatic hydroxyl groups excluding tert-OH is 2. The Hall–Kier alpha value is -1.48. The van der Waals surface area contributed by atoms with Crippen molar-refractivity contribution in [1.82, 2.24) is 0 Å². The van der Waals surface area contributed by atoms with Gasteiger partial charge in [-0.3, -0.25) is 0 Å². The van der Waals surface area contributed by atoms with E-state index in [1.165, 1.54) is 0 Å². The molecule has 9 heteroatoms. The lowest BCUT2D eigenvalue weighted by Crippen LogP contribution is -2.24. The lowest BCUT2D eigenvalue weighted by molar-refractivity contribution is -0.142. The largest absolute Gasteiger partial charge is 0.422 e. The van der Waals surface area contributed by atoms with Crippen LogP contribution in [0.25, 0.3) is 0 Å². The number of halogens is 6. The van der Waals surface area contributed by atoms with Crippen molar-refractivity contribution < 1.29 is 36.6 Å². The summed E-state index contributed by atoms with van der Waals surface area (Å²) in [6.45, 7) is -1.20. The van der Waals surface area contributed by atoms with Crippen LogP contribution in [0.3, 0.4) is 0 Å². The Morgan fingerprint density at radius 2 is 1.74 bits per heavy atom. The molecule has 0 aliphatic carbocycles. The van der Waals surface area contributed by atoms with Gasteiger partial charge < -0.3 is 15.5 Å². The third-order valence-electron chi connectivity index (χ3n) is 2.18. The van der Waals surface area contributed by atoms with Crippen LogP contribution in [0.2, 0.25) is 0 Å². The molecule has 3 nitrogen and oxygen atoms in total. The molecule has 1 aromatic carbocycles. The topological polar surface area (TPSA) is 52.5 Å². The smallest absolute Gasteiger partial charge is 0.394 e. The molecular formula is C10H9F6NO2. The lowest BCUT2D eigenvalue weighted by Gasteiger charge is -2.15. The molecule has 0 fully saturated rings. The number of aliphatic hydroxyl groups is 2. The van der Waals surface area contributed by atoms with Gasteiger partial charge in [0.15, 0.2) is 11.6 Å². The summed E-state index contributed by atoms with van der Waals surface area (Å²) in [7, 11) is 0. The third kappa shape index (κ3) is 3.51. The molecule has 3 N–H and O–H groups in total. The highest BCUT2D eigenvalue weighted by Crippen LogP contribution is 2.36. The summed E-state index contributed by atoms with van der Waals surface area (Å²) in [4.78, 5) is 0. The molecule has 19 heavy (non-hydrogen) atoms. The van der Waals surface area contributed by atoms with Gasteiger partial charge in [-0.25, -0.2) is 13.2 Å². The molecule has 0 aliphatic heterocycles. The average Bonchev–Trinajstić information content (AvgIpc) is 2.29. The fourth-order valence-corrected chi connectivity index (χ4v) is 1.28. The van der Waals surface area contributed by atoms with Crippen LogP contribution in [-0.2, 0) is 6.18 Å². The second-order valence-electron chi connectivity index (χ2n) is 3.62. The number of hydrogen-bond acceptors (Lipinski definition) is 3. The Bertz CT molecular complexity index is 462. The highest BCUT2D eigenvalue weighted by atomic mass is 19.4. The maximum Gasteiger partial charge on any atom is 0.422 e. The summed E-state index contributed by atoms with van der Waals surface area (Å²) in [6.07, 6.45) is -6.72. The first-order chi connectivity index (χ1) is 8.68. The fourth-order valence-electron chi connectivity index (χ4n) is 1.28. The highest BCUT2D eigenvalue weighted by molar-refractivity contribution is 5.48. The summed E-state index contributed by atoms with van der Waals surface area (Å²) in [5.74, 6) is -6.26. The molecule has 1 rings (SSSR count). The SMILES string of the molecule is OCC(O)CNc1cc(F)c(C(F)(F)F)c(F)c1F. The summed E-state index contributed by atoms with van der Waals surface area (Å²) < 4.78 is 76.3. The average molecular weight is 289 g/mol. The van der Waals surface area contributed by atoms with Crippen LogP contribution in [-0.4, -0.2) is 29.5 Å². The van der Waals surface area contributed by atoms with Crippen LogP contribution in [0.4, 0.5) is 32.0 Å². The molecule has 1 atom stereocenters. The molecule has 1 unspecified atom stereocenters. The van der Waals surface area contributed by atoms with Gasteiger partial charge in [0.2, 0.25) is 0 Å². The van der Waals surface area contributed by atoms with Crippen molar-refractivity contribution in [3.8, 4) is 0 Å². The summed E-state index contributed by atoms with van der Waals surface area (Å²) >= 11 is 0. The molecular weight excluding hydrogens is 280 g/mol. The zero-order valence-corrected chi connectivity index (χ0v) is 9.23. The van der Waals surface area contributed by atoms with Crippen LogP contribution < -0.4 is 5.32 Å². The summed E-state index contributed by atoms with van der Waals surface area (Å²) in [6, 6.07) is 0.130. The number of rotatable bonds is 4. The molecule has 0 heterocycles. The van der Waals surface area contributed by atoms with Crippen molar-refractivity contribution in [2.24, 2.45) is 0 Å². The Morgan fingerprint density at radius 1 is 1.16 bits per heavy atom.